The number of hydrogen-bond donors (Lipinski definition) is 1. The Bertz CT molecular complexity index is 796. The molecule has 26 heavy (non-hydrogen) atoms. The lowest BCUT2D eigenvalue weighted by Gasteiger charge is -2.29. The normalized spacial score (nSPS) is 24.5. The quantitative estimate of drug-likeness (QED) is 0.915. The standard InChI is InChI=1S/C21H23FN2O2/c1-14-9-17(22)7-8-18(14)20-19-11-23-10-16(19)12-24(20)21(25)26-13-15-5-3-2-4-6-15/h2-9,16,19-20,23H,10-13H2,1H3. The maximum absolute atomic E-state index is 13.5. The third-order valence-corrected chi connectivity index (χ3v) is 5.55. The Balaban J connectivity index is 1.56. The molecule has 5 heteroatoms. The zero-order valence-electron chi connectivity index (χ0n) is 14.8. The van der Waals surface area contributed by atoms with Gasteiger partial charge in [-0.05, 0) is 41.7 Å². The molecule has 0 aliphatic carbocycles. The van der Waals surface area contributed by atoms with Gasteiger partial charge in [-0.25, -0.2) is 9.18 Å². The Kier molecular flexibility index (Phi) is 4.64. The number of rotatable bonds is 3. The number of nitrogens with zero attached hydrogens (tertiary/aromatic N) is 1. The predicted octanol–water partition coefficient (Wildman–Crippen LogP) is 3.66. The summed E-state index contributed by atoms with van der Waals surface area (Å²) in [6.45, 7) is 4.62. The molecule has 4 nitrogen and oxygen atoms in total. The SMILES string of the molecule is Cc1cc(F)ccc1C1C2CNCC2CN1C(=O)OCc1ccccc1. The molecule has 0 saturated carbocycles. The molecule has 2 heterocycles. The van der Waals surface area contributed by atoms with Crippen molar-refractivity contribution >= 4 is 6.09 Å². The number of aryl methyl sites for hydroxylation is 1. The van der Waals surface area contributed by atoms with Gasteiger partial charge in [0, 0.05) is 25.6 Å². The van der Waals surface area contributed by atoms with E-state index in [-0.39, 0.29) is 24.6 Å². The van der Waals surface area contributed by atoms with Gasteiger partial charge in [0.05, 0.1) is 6.04 Å². The summed E-state index contributed by atoms with van der Waals surface area (Å²) in [5.41, 5.74) is 2.86. The summed E-state index contributed by atoms with van der Waals surface area (Å²) in [5.74, 6) is 0.501. The number of carbonyl (C=O) groups is 1. The van der Waals surface area contributed by atoms with E-state index < -0.39 is 0 Å². The van der Waals surface area contributed by atoms with Gasteiger partial charge in [-0.1, -0.05) is 36.4 Å². The number of halogens is 1. The number of hydrogen-bond acceptors (Lipinski definition) is 3. The molecule has 3 atom stereocenters. The second-order valence-corrected chi connectivity index (χ2v) is 7.22. The van der Waals surface area contributed by atoms with Crippen molar-refractivity contribution in [3.05, 3.63) is 71.0 Å². The number of ether oxygens (including phenoxy) is 1. The highest BCUT2D eigenvalue weighted by Gasteiger charge is 2.47. The second kappa shape index (κ2) is 7.08. The van der Waals surface area contributed by atoms with E-state index >= 15 is 0 Å². The smallest absolute Gasteiger partial charge is 0.410 e. The average Bonchev–Trinajstić information content (AvgIpc) is 3.22. The lowest BCUT2D eigenvalue weighted by atomic mass is 9.87. The van der Waals surface area contributed by atoms with Gasteiger partial charge in [-0.2, -0.15) is 0 Å². The van der Waals surface area contributed by atoms with Crippen LogP contribution in [0.3, 0.4) is 0 Å². The van der Waals surface area contributed by atoms with Crippen LogP contribution in [0.2, 0.25) is 0 Å². The third-order valence-electron chi connectivity index (χ3n) is 5.55. The van der Waals surface area contributed by atoms with E-state index in [0.717, 1.165) is 29.8 Å². The van der Waals surface area contributed by atoms with E-state index in [0.29, 0.717) is 18.4 Å². The highest BCUT2D eigenvalue weighted by Crippen LogP contribution is 2.44. The lowest BCUT2D eigenvalue weighted by molar-refractivity contribution is 0.0874. The molecule has 4 rings (SSSR count). The Morgan fingerprint density at radius 3 is 2.81 bits per heavy atom. The monoisotopic (exact) mass is 354 g/mol. The van der Waals surface area contributed by atoms with Crippen LogP contribution in [-0.4, -0.2) is 30.6 Å². The highest BCUT2D eigenvalue weighted by molar-refractivity contribution is 5.69. The molecule has 0 spiro atoms. The van der Waals surface area contributed by atoms with Gasteiger partial charge in [-0.3, -0.25) is 0 Å². The van der Waals surface area contributed by atoms with Gasteiger partial charge in [0.15, 0.2) is 0 Å². The van der Waals surface area contributed by atoms with E-state index in [4.69, 9.17) is 4.74 Å². The molecule has 2 aliphatic rings. The van der Waals surface area contributed by atoms with Gasteiger partial charge in [0.2, 0.25) is 0 Å². The molecule has 2 aromatic carbocycles. The molecule has 0 bridgehead atoms. The molecule has 0 radical (unpaired) electrons. The van der Waals surface area contributed by atoms with Crippen molar-refractivity contribution in [1.82, 2.24) is 10.2 Å². The third kappa shape index (κ3) is 3.19. The van der Waals surface area contributed by atoms with Gasteiger partial charge in [-0.15, -0.1) is 0 Å². The topological polar surface area (TPSA) is 41.6 Å². The number of nitrogens with one attached hydrogen (secondary N) is 1. The largest absolute Gasteiger partial charge is 0.445 e. The van der Waals surface area contributed by atoms with Crippen molar-refractivity contribution in [3.8, 4) is 0 Å². The minimum atomic E-state index is -0.294. The first kappa shape index (κ1) is 17.0. The van der Waals surface area contributed by atoms with Crippen LogP contribution in [0.25, 0.3) is 0 Å². The van der Waals surface area contributed by atoms with E-state index in [1.807, 2.05) is 48.2 Å². The van der Waals surface area contributed by atoms with Gasteiger partial charge in [0.25, 0.3) is 0 Å². The number of benzene rings is 2. The maximum Gasteiger partial charge on any atom is 0.410 e. The average molecular weight is 354 g/mol. The fourth-order valence-corrected chi connectivity index (χ4v) is 4.28. The van der Waals surface area contributed by atoms with Gasteiger partial charge < -0.3 is 15.0 Å². The summed E-state index contributed by atoms with van der Waals surface area (Å²) in [4.78, 5) is 14.7. The van der Waals surface area contributed by atoms with Crippen molar-refractivity contribution in [3.63, 3.8) is 0 Å². The summed E-state index contributed by atoms with van der Waals surface area (Å²) in [6.07, 6.45) is -0.294. The van der Waals surface area contributed by atoms with E-state index in [1.165, 1.54) is 6.07 Å². The predicted molar refractivity (Wildman–Crippen MR) is 97.1 cm³/mol. The van der Waals surface area contributed by atoms with Crippen molar-refractivity contribution in [1.29, 1.82) is 0 Å². The summed E-state index contributed by atoms with van der Waals surface area (Å²) < 4.78 is 19.1. The van der Waals surface area contributed by atoms with Crippen LogP contribution in [0.15, 0.2) is 48.5 Å². The summed E-state index contributed by atoms with van der Waals surface area (Å²) in [7, 11) is 0. The fraction of sp³-hybridized carbons (Fsp3) is 0.381. The molecule has 0 aromatic heterocycles. The lowest BCUT2D eigenvalue weighted by Crippen LogP contribution is -2.35. The minimum absolute atomic E-state index is 0.0705. The molecule has 1 amide bonds. The minimum Gasteiger partial charge on any atom is -0.445 e. The number of fused-ring (bicyclic) bond motifs is 1. The van der Waals surface area contributed by atoms with Gasteiger partial charge in [0.1, 0.15) is 12.4 Å². The highest BCUT2D eigenvalue weighted by atomic mass is 19.1. The Morgan fingerprint density at radius 1 is 1.23 bits per heavy atom. The van der Waals surface area contributed by atoms with Crippen LogP contribution in [0.4, 0.5) is 9.18 Å². The fourth-order valence-electron chi connectivity index (χ4n) is 4.28. The number of likely N-dealkylation sites (tertiary alicyclic amines) is 1. The second-order valence-electron chi connectivity index (χ2n) is 7.22. The summed E-state index contributed by atoms with van der Waals surface area (Å²) >= 11 is 0. The zero-order valence-corrected chi connectivity index (χ0v) is 14.8. The molecule has 2 saturated heterocycles. The van der Waals surface area contributed by atoms with Crippen molar-refractivity contribution in [2.75, 3.05) is 19.6 Å². The molecule has 136 valence electrons. The molecule has 2 fully saturated rings. The van der Waals surface area contributed by atoms with E-state index in [2.05, 4.69) is 5.32 Å². The molecule has 3 unspecified atom stereocenters. The van der Waals surface area contributed by atoms with Crippen LogP contribution >= 0.6 is 0 Å². The zero-order chi connectivity index (χ0) is 18.1. The molecular formula is C21H23FN2O2. The van der Waals surface area contributed by atoms with Gasteiger partial charge >= 0.3 is 6.09 Å². The van der Waals surface area contributed by atoms with E-state index in [1.54, 1.807) is 6.07 Å². The molecule has 2 aromatic rings. The Morgan fingerprint density at radius 2 is 2.04 bits per heavy atom. The van der Waals surface area contributed by atoms with Crippen molar-refractivity contribution in [2.24, 2.45) is 11.8 Å². The van der Waals surface area contributed by atoms with Crippen molar-refractivity contribution < 1.29 is 13.9 Å². The van der Waals surface area contributed by atoms with Crippen LogP contribution in [0.5, 0.6) is 0 Å². The van der Waals surface area contributed by atoms with Crippen LogP contribution < -0.4 is 5.32 Å². The summed E-state index contributed by atoms with van der Waals surface area (Å²) in [6, 6.07) is 14.4. The Labute approximate surface area is 153 Å². The first-order valence-electron chi connectivity index (χ1n) is 9.07. The van der Waals surface area contributed by atoms with E-state index in [9.17, 15) is 9.18 Å². The first-order valence-corrected chi connectivity index (χ1v) is 9.07. The van der Waals surface area contributed by atoms with Crippen LogP contribution in [0, 0.1) is 24.6 Å². The Hall–Kier alpha value is -2.40. The molecular weight excluding hydrogens is 331 g/mol. The van der Waals surface area contributed by atoms with Crippen molar-refractivity contribution in [2.45, 2.75) is 19.6 Å². The van der Waals surface area contributed by atoms with Crippen LogP contribution in [0.1, 0.15) is 22.7 Å². The maximum atomic E-state index is 13.5. The summed E-state index contributed by atoms with van der Waals surface area (Å²) in [5, 5.41) is 3.42. The first-order chi connectivity index (χ1) is 12.6. The number of amides is 1. The molecule has 1 N–H and O–H groups in total. The molecule has 2 aliphatic heterocycles. The number of carbonyl (C=O) groups excluding carboxylic acids is 1. The van der Waals surface area contributed by atoms with Crippen LogP contribution in [-0.2, 0) is 11.3 Å².